The van der Waals surface area contributed by atoms with E-state index in [1.54, 1.807) is 0 Å². The second-order valence-electron chi connectivity index (χ2n) is 4.41. The van der Waals surface area contributed by atoms with Crippen LogP contribution in [0.5, 0.6) is 0 Å². The first-order valence-corrected chi connectivity index (χ1v) is 7.07. The molecule has 3 nitrogen and oxygen atoms in total. The Hall–Kier alpha value is -1.16. The molecule has 0 aliphatic heterocycles. The molecule has 0 bridgehead atoms. The van der Waals surface area contributed by atoms with Crippen LogP contribution in [0.15, 0.2) is 30.3 Å². The minimum Gasteiger partial charge on any atom is -0.337 e. The third kappa shape index (κ3) is 3.66. The molecule has 0 heterocycles. The predicted octanol–water partition coefficient (Wildman–Crippen LogP) is 2.38. The monoisotopic (exact) mass is 250 g/mol. The summed E-state index contributed by atoms with van der Waals surface area (Å²) in [6, 6.07) is 9.85. The molecule has 0 saturated heterocycles. The molecule has 17 heavy (non-hydrogen) atoms. The van der Waals surface area contributed by atoms with Crippen molar-refractivity contribution in [3.05, 3.63) is 35.9 Å². The van der Waals surface area contributed by atoms with Crippen molar-refractivity contribution in [2.24, 2.45) is 0 Å². The van der Waals surface area contributed by atoms with Crippen LogP contribution in [0.3, 0.4) is 0 Å². The van der Waals surface area contributed by atoms with Gasteiger partial charge >= 0.3 is 6.03 Å². The van der Waals surface area contributed by atoms with Crippen LogP contribution in [0, 0.1) is 0 Å². The topological polar surface area (TPSA) is 41.1 Å². The highest BCUT2D eigenvalue weighted by Gasteiger charge is 2.41. The number of benzene rings is 1. The SMILES string of the molecule is CSC1(CNC(=O)NCc2ccccc2)CC1. The fourth-order valence-corrected chi connectivity index (χ4v) is 2.40. The molecule has 92 valence electrons. The molecule has 0 atom stereocenters. The van der Waals surface area contributed by atoms with Gasteiger partial charge < -0.3 is 10.6 Å². The number of carbonyl (C=O) groups is 1. The van der Waals surface area contributed by atoms with E-state index in [9.17, 15) is 4.79 Å². The van der Waals surface area contributed by atoms with Crippen molar-refractivity contribution in [3.63, 3.8) is 0 Å². The van der Waals surface area contributed by atoms with Gasteiger partial charge in [-0.05, 0) is 24.7 Å². The summed E-state index contributed by atoms with van der Waals surface area (Å²) in [5.41, 5.74) is 1.12. The second kappa shape index (κ2) is 5.45. The smallest absolute Gasteiger partial charge is 0.315 e. The van der Waals surface area contributed by atoms with Crippen LogP contribution in [0.4, 0.5) is 4.79 Å². The Morgan fingerprint density at radius 2 is 2.00 bits per heavy atom. The first-order chi connectivity index (χ1) is 8.24. The molecule has 1 aliphatic carbocycles. The van der Waals surface area contributed by atoms with Gasteiger partial charge in [0.2, 0.25) is 0 Å². The fraction of sp³-hybridized carbons (Fsp3) is 0.462. The summed E-state index contributed by atoms with van der Waals surface area (Å²) in [4.78, 5) is 11.6. The van der Waals surface area contributed by atoms with Gasteiger partial charge in [0.05, 0.1) is 0 Å². The summed E-state index contributed by atoms with van der Waals surface area (Å²) in [5.74, 6) is 0. The van der Waals surface area contributed by atoms with Crippen molar-refractivity contribution in [1.29, 1.82) is 0 Å². The summed E-state index contributed by atoms with van der Waals surface area (Å²) < 4.78 is 0.323. The lowest BCUT2D eigenvalue weighted by atomic mass is 10.2. The summed E-state index contributed by atoms with van der Waals surface area (Å²) in [6.45, 7) is 1.35. The zero-order valence-electron chi connectivity index (χ0n) is 10.0. The van der Waals surface area contributed by atoms with Crippen molar-refractivity contribution >= 4 is 17.8 Å². The molecule has 1 aliphatic rings. The molecule has 1 aromatic carbocycles. The molecule has 2 N–H and O–H groups in total. The molecule has 4 heteroatoms. The van der Waals surface area contributed by atoms with Crippen LogP contribution in [-0.2, 0) is 6.54 Å². The number of amides is 2. The van der Waals surface area contributed by atoms with E-state index in [4.69, 9.17) is 0 Å². The third-order valence-electron chi connectivity index (χ3n) is 3.11. The number of rotatable bonds is 5. The van der Waals surface area contributed by atoms with Crippen LogP contribution >= 0.6 is 11.8 Å². The molecule has 2 rings (SSSR count). The Kier molecular flexibility index (Phi) is 3.94. The zero-order chi connectivity index (χ0) is 12.1. The van der Waals surface area contributed by atoms with Crippen LogP contribution in [-0.4, -0.2) is 23.6 Å². The third-order valence-corrected chi connectivity index (χ3v) is 4.53. The average molecular weight is 250 g/mol. The highest BCUT2D eigenvalue weighted by molar-refractivity contribution is 8.00. The minimum atomic E-state index is -0.0748. The van der Waals surface area contributed by atoms with E-state index in [0.717, 1.165) is 12.1 Å². The van der Waals surface area contributed by atoms with Crippen LogP contribution in [0.2, 0.25) is 0 Å². The Labute approximate surface area is 106 Å². The summed E-state index contributed by atoms with van der Waals surface area (Å²) in [6.07, 6.45) is 4.54. The molecule has 1 saturated carbocycles. The van der Waals surface area contributed by atoms with E-state index in [0.29, 0.717) is 11.3 Å². The Morgan fingerprint density at radius 1 is 1.29 bits per heavy atom. The van der Waals surface area contributed by atoms with Gasteiger partial charge in [-0.2, -0.15) is 11.8 Å². The van der Waals surface area contributed by atoms with Gasteiger partial charge in [-0.15, -0.1) is 0 Å². The number of hydrogen-bond acceptors (Lipinski definition) is 2. The maximum absolute atomic E-state index is 11.6. The lowest BCUT2D eigenvalue weighted by Crippen LogP contribution is -2.39. The van der Waals surface area contributed by atoms with Gasteiger partial charge in [0.25, 0.3) is 0 Å². The van der Waals surface area contributed by atoms with Crippen molar-refractivity contribution in [2.75, 3.05) is 12.8 Å². The van der Waals surface area contributed by atoms with E-state index >= 15 is 0 Å². The zero-order valence-corrected chi connectivity index (χ0v) is 10.8. The summed E-state index contributed by atoms with van der Waals surface area (Å²) in [5, 5.41) is 5.80. The van der Waals surface area contributed by atoms with Crippen molar-refractivity contribution < 1.29 is 4.79 Å². The molecular formula is C13H18N2OS. The Bertz CT molecular complexity index is 376. The van der Waals surface area contributed by atoms with E-state index in [-0.39, 0.29) is 6.03 Å². The number of urea groups is 1. The number of carbonyl (C=O) groups excluding carboxylic acids is 1. The van der Waals surface area contributed by atoms with Gasteiger partial charge in [-0.3, -0.25) is 0 Å². The summed E-state index contributed by atoms with van der Waals surface area (Å²) >= 11 is 1.85. The standard InChI is InChI=1S/C13H18N2OS/c1-17-13(7-8-13)10-15-12(16)14-9-11-5-3-2-4-6-11/h2-6H,7-10H2,1H3,(H2,14,15,16). The minimum absolute atomic E-state index is 0.0748. The van der Waals surface area contributed by atoms with E-state index in [1.807, 2.05) is 42.1 Å². The number of nitrogens with one attached hydrogen (secondary N) is 2. The van der Waals surface area contributed by atoms with Crippen LogP contribution in [0.25, 0.3) is 0 Å². The van der Waals surface area contributed by atoms with Crippen molar-refractivity contribution in [2.45, 2.75) is 24.1 Å². The maximum atomic E-state index is 11.6. The first-order valence-electron chi connectivity index (χ1n) is 5.85. The lowest BCUT2D eigenvalue weighted by molar-refractivity contribution is 0.240. The highest BCUT2D eigenvalue weighted by atomic mass is 32.2. The predicted molar refractivity (Wildman–Crippen MR) is 72.2 cm³/mol. The Morgan fingerprint density at radius 3 is 2.59 bits per heavy atom. The van der Waals surface area contributed by atoms with Gasteiger partial charge in [0.15, 0.2) is 0 Å². The Balaban J connectivity index is 1.68. The molecular weight excluding hydrogens is 232 g/mol. The first kappa shape index (κ1) is 12.3. The molecule has 0 aromatic heterocycles. The van der Waals surface area contributed by atoms with Gasteiger partial charge in [0.1, 0.15) is 0 Å². The van der Waals surface area contributed by atoms with Crippen LogP contribution in [0.1, 0.15) is 18.4 Å². The molecule has 0 unspecified atom stereocenters. The van der Waals surface area contributed by atoms with E-state index < -0.39 is 0 Å². The van der Waals surface area contributed by atoms with Crippen LogP contribution < -0.4 is 10.6 Å². The molecule has 2 amide bonds. The number of hydrogen-bond donors (Lipinski definition) is 2. The maximum Gasteiger partial charge on any atom is 0.315 e. The number of thioether (sulfide) groups is 1. The lowest BCUT2D eigenvalue weighted by Gasteiger charge is -2.13. The van der Waals surface area contributed by atoms with E-state index in [1.165, 1.54) is 12.8 Å². The van der Waals surface area contributed by atoms with Crippen molar-refractivity contribution in [1.82, 2.24) is 10.6 Å². The van der Waals surface area contributed by atoms with Gasteiger partial charge in [-0.25, -0.2) is 4.79 Å². The van der Waals surface area contributed by atoms with Crippen molar-refractivity contribution in [3.8, 4) is 0 Å². The molecule has 0 spiro atoms. The summed E-state index contributed by atoms with van der Waals surface area (Å²) in [7, 11) is 0. The van der Waals surface area contributed by atoms with Gasteiger partial charge in [0, 0.05) is 17.8 Å². The molecule has 0 radical (unpaired) electrons. The highest BCUT2D eigenvalue weighted by Crippen LogP contribution is 2.46. The molecule has 1 fully saturated rings. The quantitative estimate of drug-likeness (QED) is 0.842. The molecule has 1 aromatic rings. The van der Waals surface area contributed by atoms with Gasteiger partial charge in [-0.1, -0.05) is 30.3 Å². The van der Waals surface area contributed by atoms with E-state index in [2.05, 4.69) is 16.9 Å². The average Bonchev–Trinajstić information content (AvgIpc) is 3.16. The fourth-order valence-electron chi connectivity index (χ4n) is 1.67. The largest absolute Gasteiger partial charge is 0.337 e. The second-order valence-corrected chi connectivity index (χ2v) is 5.68. The normalized spacial score (nSPS) is 16.3.